The van der Waals surface area contributed by atoms with Gasteiger partial charge in [0.25, 0.3) is 0 Å². The fourth-order valence-corrected chi connectivity index (χ4v) is 6.51. The van der Waals surface area contributed by atoms with E-state index >= 15 is 0 Å². The second kappa shape index (κ2) is 18.8. The van der Waals surface area contributed by atoms with E-state index in [2.05, 4.69) is 46.7 Å². The topological polar surface area (TPSA) is 169 Å². The van der Waals surface area contributed by atoms with Crippen LogP contribution in [0.5, 0.6) is 0 Å². The van der Waals surface area contributed by atoms with E-state index in [9.17, 15) is 9.59 Å². The number of carboxylic acid groups (broad SMARTS) is 1. The predicted molar refractivity (Wildman–Crippen MR) is 173 cm³/mol. The summed E-state index contributed by atoms with van der Waals surface area (Å²) in [6, 6.07) is 2.88. The monoisotopic (exact) mass is 630 g/mol. The first kappa shape index (κ1) is 33.9. The number of amides is 1. The van der Waals surface area contributed by atoms with Crippen molar-refractivity contribution in [2.24, 2.45) is 0 Å². The number of anilines is 2. The number of hydrogen-bond acceptors (Lipinski definition) is 12. The van der Waals surface area contributed by atoms with Crippen LogP contribution in [0.3, 0.4) is 0 Å². The van der Waals surface area contributed by atoms with Crippen LogP contribution < -0.4 is 26.6 Å². The summed E-state index contributed by atoms with van der Waals surface area (Å²) in [5.41, 5.74) is 0.863. The molecule has 0 radical (unpaired) electrons. The zero-order valence-corrected chi connectivity index (χ0v) is 26.9. The Labute approximate surface area is 264 Å². The van der Waals surface area contributed by atoms with Gasteiger partial charge in [-0.3, -0.25) is 9.59 Å². The molecule has 2 aromatic heterocycles. The standard InChI is InChI=1S/C30H50N10O3S/c1-22-19-25(36-24-11-17-40(18-12-24)28(41)10-16-32-21-29(42)43)37-30(35-22)34-20-27-39-38-26(44-27)9-5-13-31-14-6-15-33-23-7-3-2-4-8-23/h19,23-24,31-33H,2-18,20-21H2,1H3,(H,42,43)(H2,34,35,36,37). The number of likely N-dealkylation sites (tertiary alicyclic amines) is 1. The molecule has 1 amide bonds. The van der Waals surface area contributed by atoms with Crippen LogP contribution in [-0.2, 0) is 22.6 Å². The Morgan fingerprint density at radius 3 is 2.50 bits per heavy atom. The van der Waals surface area contributed by atoms with Crippen LogP contribution in [0.2, 0.25) is 0 Å². The van der Waals surface area contributed by atoms with Gasteiger partial charge >= 0.3 is 5.97 Å². The number of nitrogens with zero attached hydrogens (tertiary/aromatic N) is 5. The largest absolute Gasteiger partial charge is 0.480 e. The van der Waals surface area contributed by atoms with E-state index in [-0.39, 0.29) is 18.5 Å². The Hall–Kier alpha value is -2.94. The van der Waals surface area contributed by atoms with Gasteiger partial charge in [-0.05, 0) is 65.1 Å². The molecule has 44 heavy (non-hydrogen) atoms. The first-order valence-electron chi connectivity index (χ1n) is 16.3. The SMILES string of the molecule is Cc1cc(NC2CCN(C(=O)CCNCC(=O)O)CC2)nc(NCc2nnc(CCCNCCCNC3CCCCC3)s2)n1. The molecule has 0 spiro atoms. The minimum absolute atomic E-state index is 0.0511. The van der Waals surface area contributed by atoms with Crippen molar-refractivity contribution < 1.29 is 14.7 Å². The molecule has 14 heteroatoms. The maximum Gasteiger partial charge on any atom is 0.317 e. The van der Waals surface area contributed by atoms with E-state index in [1.165, 1.54) is 38.5 Å². The zero-order valence-electron chi connectivity index (χ0n) is 26.1. The number of aryl methyl sites for hydroxylation is 2. The number of carboxylic acids is 1. The second-order valence-electron chi connectivity index (χ2n) is 11.8. The fraction of sp³-hybridized carbons (Fsp3) is 0.733. The van der Waals surface area contributed by atoms with E-state index in [0.717, 1.165) is 72.9 Å². The van der Waals surface area contributed by atoms with E-state index in [1.807, 2.05) is 17.9 Å². The summed E-state index contributed by atoms with van der Waals surface area (Å²) in [5.74, 6) is 0.440. The summed E-state index contributed by atoms with van der Waals surface area (Å²) in [5, 5.41) is 36.2. The van der Waals surface area contributed by atoms with Crippen LogP contribution >= 0.6 is 11.3 Å². The Morgan fingerprint density at radius 1 is 0.932 bits per heavy atom. The Morgan fingerprint density at radius 2 is 1.70 bits per heavy atom. The van der Waals surface area contributed by atoms with Gasteiger partial charge in [0.15, 0.2) is 0 Å². The molecule has 1 saturated heterocycles. The minimum atomic E-state index is -0.922. The first-order chi connectivity index (χ1) is 21.4. The summed E-state index contributed by atoms with van der Waals surface area (Å²) in [6.45, 7) is 7.18. The van der Waals surface area contributed by atoms with Gasteiger partial charge in [0.2, 0.25) is 11.9 Å². The fourth-order valence-electron chi connectivity index (χ4n) is 5.68. The van der Waals surface area contributed by atoms with Crippen molar-refractivity contribution in [1.29, 1.82) is 0 Å². The lowest BCUT2D eigenvalue weighted by Gasteiger charge is -2.32. The number of carbonyl (C=O) groups is 2. The molecule has 2 aromatic rings. The van der Waals surface area contributed by atoms with Crippen LogP contribution in [0.1, 0.15) is 79.9 Å². The normalized spacial score (nSPS) is 16.2. The summed E-state index contributed by atoms with van der Waals surface area (Å²) in [7, 11) is 0. The van der Waals surface area contributed by atoms with Crippen LogP contribution in [-0.4, -0.2) is 99.9 Å². The maximum absolute atomic E-state index is 12.4. The Bertz CT molecular complexity index is 1150. The number of aromatic nitrogens is 4. The molecule has 3 heterocycles. The summed E-state index contributed by atoms with van der Waals surface area (Å²) in [6.07, 6.45) is 11.9. The molecule has 1 saturated carbocycles. The molecule has 0 bridgehead atoms. The van der Waals surface area contributed by atoms with Crippen molar-refractivity contribution in [2.45, 2.75) is 96.2 Å². The predicted octanol–water partition coefficient (Wildman–Crippen LogP) is 2.55. The average molecular weight is 631 g/mol. The van der Waals surface area contributed by atoms with Gasteiger partial charge in [0.05, 0.1) is 13.1 Å². The lowest BCUT2D eigenvalue weighted by Crippen LogP contribution is -2.43. The quantitative estimate of drug-likeness (QED) is 0.126. The van der Waals surface area contributed by atoms with Crippen molar-refractivity contribution in [3.63, 3.8) is 0 Å². The number of hydrogen-bond donors (Lipinski definition) is 6. The lowest BCUT2D eigenvalue weighted by molar-refractivity contribution is -0.136. The summed E-state index contributed by atoms with van der Waals surface area (Å²) >= 11 is 1.63. The third-order valence-corrected chi connectivity index (χ3v) is 9.05. The van der Waals surface area contributed by atoms with E-state index in [1.54, 1.807) is 11.3 Å². The molecule has 2 fully saturated rings. The summed E-state index contributed by atoms with van der Waals surface area (Å²) in [4.78, 5) is 34.0. The smallest absolute Gasteiger partial charge is 0.317 e. The molecule has 13 nitrogen and oxygen atoms in total. The van der Waals surface area contributed by atoms with E-state index < -0.39 is 5.97 Å². The van der Waals surface area contributed by atoms with Gasteiger partial charge in [-0.1, -0.05) is 30.6 Å². The van der Waals surface area contributed by atoms with Crippen molar-refractivity contribution in [3.05, 3.63) is 21.8 Å². The molecule has 4 rings (SSSR count). The van der Waals surface area contributed by atoms with Crippen molar-refractivity contribution in [3.8, 4) is 0 Å². The molecule has 2 aliphatic rings. The van der Waals surface area contributed by atoms with Gasteiger partial charge in [-0.25, -0.2) is 4.98 Å². The van der Waals surface area contributed by atoms with Gasteiger partial charge in [0.1, 0.15) is 15.8 Å². The van der Waals surface area contributed by atoms with Gasteiger partial charge in [-0.15, -0.1) is 10.2 Å². The molecule has 0 atom stereocenters. The summed E-state index contributed by atoms with van der Waals surface area (Å²) < 4.78 is 0. The Kier molecular flexibility index (Phi) is 14.5. The maximum atomic E-state index is 12.4. The highest BCUT2D eigenvalue weighted by Crippen LogP contribution is 2.19. The molecular weight excluding hydrogens is 580 g/mol. The second-order valence-corrected chi connectivity index (χ2v) is 12.9. The molecule has 1 aliphatic heterocycles. The van der Waals surface area contributed by atoms with E-state index in [4.69, 9.17) is 5.11 Å². The van der Waals surface area contributed by atoms with Gasteiger partial charge < -0.3 is 36.6 Å². The lowest BCUT2D eigenvalue weighted by atomic mass is 9.95. The number of nitrogens with one attached hydrogen (secondary N) is 5. The zero-order chi connectivity index (χ0) is 31.0. The average Bonchev–Trinajstić information content (AvgIpc) is 3.48. The first-order valence-corrected chi connectivity index (χ1v) is 17.1. The number of piperidine rings is 1. The molecule has 0 unspecified atom stereocenters. The molecule has 0 aromatic carbocycles. The van der Waals surface area contributed by atoms with Crippen molar-refractivity contribution in [2.75, 3.05) is 56.4 Å². The Balaban J connectivity index is 1.09. The third-order valence-electron chi connectivity index (χ3n) is 8.06. The number of carbonyl (C=O) groups excluding carboxylic acids is 1. The van der Waals surface area contributed by atoms with Crippen LogP contribution in [0.25, 0.3) is 0 Å². The minimum Gasteiger partial charge on any atom is -0.480 e. The number of rotatable bonds is 19. The van der Waals surface area contributed by atoms with Crippen molar-refractivity contribution >= 4 is 35.0 Å². The van der Waals surface area contributed by atoms with Gasteiger partial charge in [0, 0.05) is 56.3 Å². The van der Waals surface area contributed by atoms with Crippen molar-refractivity contribution in [1.82, 2.24) is 41.0 Å². The molecule has 6 N–H and O–H groups in total. The number of aliphatic carboxylic acids is 1. The molecule has 244 valence electrons. The molecule has 1 aliphatic carbocycles. The van der Waals surface area contributed by atoms with Crippen LogP contribution in [0.4, 0.5) is 11.8 Å². The van der Waals surface area contributed by atoms with Crippen LogP contribution in [0.15, 0.2) is 6.07 Å². The highest BCUT2D eigenvalue weighted by atomic mass is 32.1. The van der Waals surface area contributed by atoms with Gasteiger partial charge in [-0.2, -0.15) is 4.98 Å². The highest BCUT2D eigenvalue weighted by molar-refractivity contribution is 7.11. The van der Waals surface area contributed by atoms with Crippen LogP contribution in [0, 0.1) is 6.92 Å². The molecular formula is C30H50N10O3S. The third kappa shape index (κ3) is 12.6. The highest BCUT2D eigenvalue weighted by Gasteiger charge is 2.23. The van der Waals surface area contributed by atoms with E-state index in [0.29, 0.717) is 38.5 Å².